The van der Waals surface area contributed by atoms with Gasteiger partial charge in [0.25, 0.3) is 0 Å². The summed E-state index contributed by atoms with van der Waals surface area (Å²) >= 11 is 3.48. The minimum Gasteiger partial charge on any atom is -0.508 e. The molecule has 0 aliphatic carbocycles. The number of aromatic hydroxyl groups is 1. The van der Waals surface area contributed by atoms with Crippen molar-refractivity contribution in [3.63, 3.8) is 0 Å². The van der Waals surface area contributed by atoms with Gasteiger partial charge in [-0.3, -0.25) is 0 Å². The molecule has 0 fully saturated rings. The number of hydrogen-bond donors (Lipinski definition) is 2. The number of nitrogens with one attached hydrogen (secondary N) is 1. The quantitative estimate of drug-likeness (QED) is 0.458. The van der Waals surface area contributed by atoms with E-state index < -0.39 is 0 Å². The molecule has 1 heterocycles. The molecule has 4 rings (SSSR count). The number of imidazole rings is 1. The van der Waals surface area contributed by atoms with Crippen LogP contribution in [0.3, 0.4) is 0 Å². The van der Waals surface area contributed by atoms with Crippen molar-refractivity contribution >= 4 is 15.9 Å². The maximum absolute atomic E-state index is 9.51. The second-order valence-corrected chi connectivity index (χ2v) is 6.64. The van der Waals surface area contributed by atoms with Gasteiger partial charge in [-0.15, -0.1) is 0 Å². The van der Waals surface area contributed by atoms with Crippen molar-refractivity contribution in [2.75, 3.05) is 0 Å². The van der Waals surface area contributed by atoms with Crippen molar-refractivity contribution in [2.45, 2.75) is 0 Å². The van der Waals surface area contributed by atoms with Crippen LogP contribution in [-0.2, 0) is 0 Å². The maximum atomic E-state index is 9.51. The molecule has 0 amide bonds. The first-order chi connectivity index (χ1) is 12.2. The third-order valence-corrected chi connectivity index (χ3v) is 4.55. The van der Waals surface area contributed by atoms with E-state index in [1.807, 2.05) is 54.6 Å². The predicted octanol–water partition coefficient (Wildman–Crippen LogP) is 5.88. The molecule has 0 radical (unpaired) electrons. The van der Waals surface area contributed by atoms with Gasteiger partial charge < -0.3 is 10.1 Å². The van der Waals surface area contributed by atoms with E-state index in [-0.39, 0.29) is 5.75 Å². The van der Waals surface area contributed by atoms with Crippen molar-refractivity contribution in [1.29, 1.82) is 0 Å². The Labute approximate surface area is 154 Å². The van der Waals surface area contributed by atoms with Crippen molar-refractivity contribution in [3.8, 4) is 39.7 Å². The average Bonchev–Trinajstić information content (AvgIpc) is 3.09. The highest BCUT2D eigenvalue weighted by atomic mass is 79.9. The fraction of sp³-hybridized carbons (Fsp3) is 0. The first kappa shape index (κ1) is 15.7. The number of aromatic nitrogens is 2. The Morgan fingerprint density at radius 2 is 1.36 bits per heavy atom. The number of hydrogen-bond acceptors (Lipinski definition) is 2. The van der Waals surface area contributed by atoms with E-state index in [2.05, 4.69) is 33.0 Å². The number of halogens is 1. The molecular formula is C21H15BrN2O. The summed E-state index contributed by atoms with van der Waals surface area (Å²) in [6, 6.07) is 25.3. The molecular weight excluding hydrogens is 376 g/mol. The van der Waals surface area contributed by atoms with Gasteiger partial charge in [-0.05, 0) is 36.4 Å². The van der Waals surface area contributed by atoms with Crippen LogP contribution in [0.25, 0.3) is 33.9 Å². The monoisotopic (exact) mass is 390 g/mol. The van der Waals surface area contributed by atoms with Crippen LogP contribution in [0.5, 0.6) is 5.75 Å². The lowest BCUT2D eigenvalue weighted by Crippen LogP contribution is -1.83. The first-order valence-electron chi connectivity index (χ1n) is 7.91. The lowest BCUT2D eigenvalue weighted by atomic mass is 10.1. The van der Waals surface area contributed by atoms with Crippen LogP contribution in [0, 0.1) is 0 Å². The van der Waals surface area contributed by atoms with Gasteiger partial charge in [0, 0.05) is 21.2 Å². The van der Waals surface area contributed by atoms with Gasteiger partial charge in [-0.1, -0.05) is 58.4 Å². The van der Waals surface area contributed by atoms with E-state index >= 15 is 0 Å². The van der Waals surface area contributed by atoms with Crippen LogP contribution in [0.1, 0.15) is 0 Å². The molecule has 2 N–H and O–H groups in total. The minimum atomic E-state index is 0.242. The fourth-order valence-corrected chi connectivity index (χ4v) is 3.02. The van der Waals surface area contributed by atoms with Gasteiger partial charge in [0.1, 0.15) is 11.6 Å². The Morgan fingerprint density at radius 3 is 2.04 bits per heavy atom. The van der Waals surface area contributed by atoms with E-state index in [9.17, 15) is 5.11 Å². The molecule has 0 saturated carbocycles. The molecule has 122 valence electrons. The number of rotatable bonds is 3. The van der Waals surface area contributed by atoms with E-state index in [0.717, 1.165) is 38.4 Å². The molecule has 0 bridgehead atoms. The molecule has 3 nitrogen and oxygen atoms in total. The standard InChI is InChI=1S/C21H15BrN2O/c22-17-10-6-15(7-11-17)20-19(14-4-2-1-3-5-14)23-21(24-20)16-8-12-18(25)13-9-16/h1-13,25H,(H,23,24). The van der Waals surface area contributed by atoms with Crippen molar-refractivity contribution < 1.29 is 5.11 Å². The van der Waals surface area contributed by atoms with Gasteiger partial charge in [-0.25, -0.2) is 4.98 Å². The summed E-state index contributed by atoms with van der Waals surface area (Å²) in [5, 5.41) is 9.51. The van der Waals surface area contributed by atoms with Crippen LogP contribution in [-0.4, -0.2) is 15.1 Å². The maximum Gasteiger partial charge on any atom is 0.138 e. The molecule has 0 aliphatic heterocycles. The zero-order chi connectivity index (χ0) is 17.2. The zero-order valence-corrected chi connectivity index (χ0v) is 14.9. The summed E-state index contributed by atoms with van der Waals surface area (Å²) in [6.07, 6.45) is 0. The lowest BCUT2D eigenvalue weighted by Gasteiger charge is -2.03. The van der Waals surface area contributed by atoms with E-state index in [1.54, 1.807) is 12.1 Å². The largest absolute Gasteiger partial charge is 0.508 e. The normalized spacial score (nSPS) is 10.8. The Morgan fingerprint density at radius 1 is 0.720 bits per heavy atom. The summed E-state index contributed by atoms with van der Waals surface area (Å²) < 4.78 is 1.03. The van der Waals surface area contributed by atoms with Crippen LogP contribution >= 0.6 is 15.9 Å². The number of nitrogens with zero attached hydrogens (tertiary/aromatic N) is 1. The first-order valence-corrected chi connectivity index (χ1v) is 8.71. The molecule has 0 spiro atoms. The van der Waals surface area contributed by atoms with E-state index in [0.29, 0.717) is 0 Å². The number of benzene rings is 3. The fourth-order valence-electron chi connectivity index (χ4n) is 2.76. The molecule has 3 aromatic carbocycles. The predicted molar refractivity (Wildman–Crippen MR) is 104 cm³/mol. The average molecular weight is 391 g/mol. The van der Waals surface area contributed by atoms with Crippen LogP contribution < -0.4 is 0 Å². The Bertz CT molecular complexity index is 991. The zero-order valence-electron chi connectivity index (χ0n) is 13.3. The molecule has 0 atom stereocenters. The molecule has 0 unspecified atom stereocenters. The second kappa shape index (κ2) is 6.57. The van der Waals surface area contributed by atoms with Gasteiger partial charge in [0.05, 0.1) is 11.4 Å². The van der Waals surface area contributed by atoms with E-state index in [4.69, 9.17) is 4.98 Å². The smallest absolute Gasteiger partial charge is 0.138 e. The number of phenolic OH excluding ortho intramolecular Hbond substituents is 1. The second-order valence-electron chi connectivity index (χ2n) is 5.73. The highest BCUT2D eigenvalue weighted by Gasteiger charge is 2.15. The number of H-pyrrole nitrogens is 1. The topological polar surface area (TPSA) is 48.9 Å². The molecule has 4 aromatic rings. The lowest BCUT2D eigenvalue weighted by molar-refractivity contribution is 0.475. The molecule has 25 heavy (non-hydrogen) atoms. The summed E-state index contributed by atoms with van der Waals surface area (Å²) in [7, 11) is 0. The number of phenols is 1. The Balaban J connectivity index is 1.89. The Kier molecular flexibility index (Phi) is 4.12. The molecule has 1 aromatic heterocycles. The van der Waals surface area contributed by atoms with Crippen molar-refractivity contribution in [3.05, 3.63) is 83.3 Å². The summed E-state index contributed by atoms with van der Waals surface area (Å²) in [6.45, 7) is 0. The van der Waals surface area contributed by atoms with Crippen LogP contribution in [0.2, 0.25) is 0 Å². The Hall–Kier alpha value is -2.85. The van der Waals surface area contributed by atoms with E-state index in [1.165, 1.54) is 0 Å². The SMILES string of the molecule is Oc1ccc(-c2nc(-c3ccc(Br)cc3)c(-c3ccccc3)[nH]2)cc1. The van der Waals surface area contributed by atoms with Gasteiger partial charge in [0.15, 0.2) is 0 Å². The summed E-state index contributed by atoms with van der Waals surface area (Å²) in [5.41, 5.74) is 4.94. The highest BCUT2D eigenvalue weighted by molar-refractivity contribution is 9.10. The summed E-state index contributed by atoms with van der Waals surface area (Å²) in [5.74, 6) is 1.02. The molecule has 0 aliphatic rings. The van der Waals surface area contributed by atoms with Gasteiger partial charge in [0.2, 0.25) is 0 Å². The van der Waals surface area contributed by atoms with Crippen molar-refractivity contribution in [1.82, 2.24) is 9.97 Å². The van der Waals surface area contributed by atoms with Crippen molar-refractivity contribution in [2.24, 2.45) is 0 Å². The minimum absolute atomic E-state index is 0.242. The third kappa shape index (κ3) is 3.21. The molecule has 0 saturated heterocycles. The van der Waals surface area contributed by atoms with Crippen LogP contribution in [0.15, 0.2) is 83.3 Å². The molecule has 4 heteroatoms. The van der Waals surface area contributed by atoms with Gasteiger partial charge in [-0.2, -0.15) is 0 Å². The third-order valence-electron chi connectivity index (χ3n) is 4.02. The number of aromatic amines is 1. The summed E-state index contributed by atoms with van der Waals surface area (Å²) in [4.78, 5) is 8.28. The van der Waals surface area contributed by atoms with Gasteiger partial charge >= 0.3 is 0 Å². The highest BCUT2D eigenvalue weighted by Crippen LogP contribution is 2.33. The van der Waals surface area contributed by atoms with Crippen LogP contribution in [0.4, 0.5) is 0 Å².